The molecule has 0 aliphatic heterocycles. The van der Waals surface area contributed by atoms with Gasteiger partial charge in [0, 0.05) is 5.56 Å². The molecule has 0 aliphatic rings. The summed E-state index contributed by atoms with van der Waals surface area (Å²) in [6, 6.07) is 12.4. The second-order valence-electron chi connectivity index (χ2n) is 3.91. The summed E-state index contributed by atoms with van der Waals surface area (Å²) in [4.78, 5) is 0. The molecule has 4 heteroatoms. The van der Waals surface area contributed by atoms with Gasteiger partial charge in [0.2, 0.25) is 0 Å². The Balaban J connectivity index is 2.65. The second kappa shape index (κ2) is 4.61. The second-order valence-corrected chi connectivity index (χ2v) is 3.91. The van der Waals surface area contributed by atoms with Crippen LogP contribution in [0.15, 0.2) is 42.5 Å². The Labute approximate surface area is 100 Å². The molecule has 0 unspecified atom stereocenters. The van der Waals surface area contributed by atoms with Crippen molar-refractivity contribution in [3.05, 3.63) is 48.0 Å². The van der Waals surface area contributed by atoms with Crippen LogP contribution in [0.4, 0.5) is 0 Å². The Morgan fingerprint density at radius 2 is 1.59 bits per heavy atom. The molecule has 0 heterocycles. The largest absolute Gasteiger partial charge is 0.507 e. The fraction of sp³-hybridized carbons (Fsp3) is 0.0769. The smallest absolute Gasteiger partial charge is 0.488 e. The van der Waals surface area contributed by atoms with Crippen molar-refractivity contribution in [1.82, 2.24) is 0 Å². The van der Waals surface area contributed by atoms with Crippen LogP contribution in [0.2, 0.25) is 0 Å². The predicted molar refractivity (Wildman–Crippen MR) is 68.1 cm³/mol. The molecule has 0 saturated carbocycles. The van der Waals surface area contributed by atoms with E-state index in [4.69, 9.17) is 0 Å². The highest BCUT2D eigenvalue weighted by Gasteiger charge is 2.18. The molecule has 2 aromatic carbocycles. The Kier molecular flexibility index (Phi) is 3.18. The summed E-state index contributed by atoms with van der Waals surface area (Å²) < 4.78 is 0. The van der Waals surface area contributed by atoms with Crippen molar-refractivity contribution in [3.8, 4) is 16.9 Å². The lowest BCUT2D eigenvalue weighted by Crippen LogP contribution is -2.32. The SMILES string of the molecule is Cc1c(B(O)O)ccc(O)c1-c1ccccc1. The van der Waals surface area contributed by atoms with Crippen LogP contribution in [0.5, 0.6) is 5.75 Å². The van der Waals surface area contributed by atoms with Crippen molar-refractivity contribution in [1.29, 1.82) is 0 Å². The van der Waals surface area contributed by atoms with Crippen molar-refractivity contribution in [2.24, 2.45) is 0 Å². The average molecular weight is 228 g/mol. The first-order valence-electron chi connectivity index (χ1n) is 5.35. The standard InChI is InChI=1S/C13H13BO3/c1-9-11(14(16)17)7-8-12(15)13(9)10-5-3-2-4-6-10/h2-8,15-17H,1H3. The van der Waals surface area contributed by atoms with Gasteiger partial charge < -0.3 is 15.2 Å². The van der Waals surface area contributed by atoms with E-state index in [-0.39, 0.29) is 5.75 Å². The third kappa shape index (κ3) is 2.18. The molecule has 0 fully saturated rings. The molecule has 0 bridgehead atoms. The van der Waals surface area contributed by atoms with Crippen LogP contribution in [0.25, 0.3) is 11.1 Å². The lowest BCUT2D eigenvalue weighted by molar-refractivity contribution is 0.425. The summed E-state index contributed by atoms with van der Waals surface area (Å²) in [6.45, 7) is 1.76. The Bertz CT molecular complexity index is 524. The number of phenolic OH excluding ortho intramolecular Hbond substituents is 1. The lowest BCUT2D eigenvalue weighted by Gasteiger charge is -2.13. The van der Waals surface area contributed by atoms with E-state index < -0.39 is 7.12 Å². The minimum Gasteiger partial charge on any atom is -0.507 e. The van der Waals surface area contributed by atoms with Gasteiger partial charge in [-0.2, -0.15) is 0 Å². The predicted octanol–water partition coefficient (Wildman–Crippen LogP) is 1.05. The van der Waals surface area contributed by atoms with E-state index in [1.165, 1.54) is 12.1 Å². The molecular weight excluding hydrogens is 215 g/mol. The van der Waals surface area contributed by atoms with Crippen molar-refractivity contribution >= 4 is 12.6 Å². The first-order chi connectivity index (χ1) is 8.11. The Morgan fingerprint density at radius 1 is 0.941 bits per heavy atom. The number of hydrogen-bond donors (Lipinski definition) is 3. The van der Waals surface area contributed by atoms with Crippen LogP contribution in [-0.2, 0) is 0 Å². The van der Waals surface area contributed by atoms with E-state index in [0.29, 0.717) is 16.6 Å². The van der Waals surface area contributed by atoms with Crippen molar-refractivity contribution in [3.63, 3.8) is 0 Å². The van der Waals surface area contributed by atoms with Gasteiger partial charge in [-0.3, -0.25) is 0 Å². The van der Waals surface area contributed by atoms with Gasteiger partial charge in [0.05, 0.1) is 0 Å². The van der Waals surface area contributed by atoms with Crippen molar-refractivity contribution < 1.29 is 15.2 Å². The minimum absolute atomic E-state index is 0.137. The molecular formula is C13H13BO3. The van der Waals surface area contributed by atoms with Crippen LogP contribution in [0.1, 0.15) is 5.56 Å². The van der Waals surface area contributed by atoms with Crippen LogP contribution in [0.3, 0.4) is 0 Å². The summed E-state index contributed by atoms with van der Waals surface area (Å²) in [5.41, 5.74) is 2.56. The van der Waals surface area contributed by atoms with Gasteiger partial charge in [-0.25, -0.2) is 0 Å². The molecule has 0 radical (unpaired) electrons. The van der Waals surface area contributed by atoms with Crippen LogP contribution in [0, 0.1) is 6.92 Å². The molecule has 0 atom stereocenters. The van der Waals surface area contributed by atoms with Crippen LogP contribution < -0.4 is 5.46 Å². The molecule has 0 aliphatic carbocycles. The molecule has 86 valence electrons. The van der Waals surface area contributed by atoms with Gasteiger partial charge in [0.25, 0.3) is 0 Å². The molecule has 3 nitrogen and oxygen atoms in total. The third-order valence-corrected chi connectivity index (χ3v) is 2.83. The van der Waals surface area contributed by atoms with E-state index in [0.717, 1.165) is 5.56 Å². The van der Waals surface area contributed by atoms with E-state index in [2.05, 4.69) is 0 Å². The fourth-order valence-electron chi connectivity index (χ4n) is 1.96. The fourth-order valence-corrected chi connectivity index (χ4v) is 1.96. The monoisotopic (exact) mass is 228 g/mol. The zero-order valence-corrected chi connectivity index (χ0v) is 9.46. The Hall–Kier alpha value is -1.78. The van der Waals surface area contributed by atoms with E-state index in [9.17, 15) is 15.2 Å². The van der Waals surface area contributed by atoms with E-state index >= 15 is 0 Å². The maximum absolute atomic E-state index is 9.89. The van der Waals surface area contributed by atoms with E-state index in [1.807, 2.05) is 30.3 Å². The molecule has 3 N–H and O–H groups in total. The molecule has 0 amide bonds. The molecule has 2 rings (SSSR count). The summed E-state index contributed by atoms with van der Waals surface area (Å²) in [6.07, 6.45) is 0. The molecule has 0 spiro atoms. The van der Waals surface area contributed by atoms with Gasteiger partial charge >= 0.3 is 7.12 Å². The maximum Gasteiger partial charge on any atom is 0.488 e. The molecule has 0 saturated heterocycles. The summed E-state index contributed by atoms with van der Waals surface area (Å²) >= 11 is 0. The Morgan fingerprint density at radius 3 is 2.18 bits per heavy atom. The maximum atomic E-state index is 9.89. The molecule has 2 aromatic rings. The number of rotatable bonds is 2. The number of phenols is 1. The summed E-state index contributed by atoms with van der Waals surface area (Å²) in [5.74, 6) is 0.137. The average Bonchev–Trinajstić information content (AvgIpc) is 2.30. The van der Waals surface area contributed by atoms with Gasteiger partial charge in [0.15, 0.2) is 0 Å². The van der Waals surface area contributed by atoms with Crippen molar-refractivity contribution in [2.75, 3.05) is 0 Å². The molecule has 17 heavy (non-hydrogen) atoms. The van der Waals surface area contributed by atoms with E-state index in [1.54, 1.807) is 6.92 Å². The lowest BCUT2D eigenvalue weighted by atomic mass is 9.75. The zero-order chi connectivity index (χ0) is 12.4. The first-order valence-corrected chi connectivity index (χ1v) is 5.35. The minimum atomic E-state index is -1.53. The topological polar surface area (TPSA) is 60.7 Å². The van der Waals surface area contributed by atoms with Gasteiger partial charge in [0.1, 0.15) is 5.75 Å². The van der Waals surface area contributed by atoms with Crippen LogP contribution >= 0.6 is 0 Å². The normalized spacial score (nSPS) is 10.3. The summed E-state index contributed by atoms with van der Waals surface area (Å²) in [5, 5.41) is 28.4. The highest BCUT2D eigenvalue weighted by molar-refractivity contribution is 6.59. The highest BCUT2D eigenvalue weighted by Crippen LogP contribution is 2.31. The third-order valence-electron chi connectivity index (χ3n) is 2.83. The summed E-state index contributed by atoms with van der Waals surface area (Å²) in [7, 11) is -1.53. The first kappa shape index (κ1) is 11.7. The van der Waals surface area contributed by atoms with Crippen LogP contribution in [-0.4, -0.2) is 22.3 Å². The number of benzene rings is 2. The number of aromatic hydroxyl groups is 1. The van der Waals surface area contributed by atoms with Crippen molar-refractivity contribution in [2.45, 2.75) is 6.92 Å². The quantitative estimate of drug-likeness (QED) is 0.673. The zero-order valence-electron chi connectivity index (χ0n) is 9.46. The van der Waals surface area contributed by atoms with Gasteiger partial charge in [-0.05, 0) is 29.6 Å². The van der Waals surface area contributed by atoms with Gasteiger partial charge in [-0.1, -0.05) is 36.4 Å². The number of hydrogen-bond acceptors (Lipinski definition) is 3. The highest BCUT2D eigenvalue weighted by atomic mass is 16.4. The molecule has 0 aromatic heterocycles. The van der Waals surface area contributed by atoms with Gasteiger partial charge in [-0.15, -0.1) is 0 Å².